The predicted octanol–water partition coefficient (Wildman–Crippen LogP) is 4.73. The third kappa shape index (κ3) is 3.41. The molecule has 1 atom stereocenters. The van der Waals surface area contributed by atoms with E-state index in [1.165, 1.54) is 12.1 Å². The molecule has 0 saturated carbocycles. The fourth-order valence-corrected chi connectivity index (χ4v) is 2.86. The summed E-state index contributed by atoms with van der Waals surface area (Å²) in [5, 5.41) is 0. The van der Waals surface area contributed by atoms with E-state index in [2.05, 4.69) is 31.9 Å². The molecule has 0 saturated heterocycles. The minimum absolute atomic E-state index is 0.235. The first kappa shape index (κ1) is 14.6. The van der Waals surface area contributed by atoms with E-state index in [9.17, 15) is 8.78 Å². The Hall–Kier alpha value is -0.780. The molecule has 2 N–H and O–H groups in total. The largest absolute Gasteiger partial charge is 0.324 e. The van der Waals surface area contributed by atoms with E-state index in [-0.39, 0.29) is 18.1 Å². The van der Waals surface area contributed by atoms with Crippen LogP contribution in [0.1, 0.15) is 17.2 Å². The quantitative estimate of drug-likeness (QED) is 0.805. The SMILES string of the molecule is NC(Cc1ccc(Br)cc1F)c1c(F)cccc1Br. The van der Waals surface area contributed by atoms with Crippen LogP contribution in [0, 0.1) is 11.6 Å². The average molecular weight is 391 g/mol. The van der Waals surface area contributed by atoms with Gasteiger partial charge in [0.15, 0.2) is 0 Å². The summed E-state index contributed by atoms with van der Waals surface area (Å²) in [6.45, 7) is 0. The third-order valence-corrected chi connectivity index (χ3v) is 4.01. The molecule has 2 aromatic rings. The van der Waals surface area contributed by atoms with Crippen molar-refractivity contribution in [2.45, 2.75) is 12.5 Å². The topological polar surface area (TPSA) is 26.0 Å². The Labute approximate surface area is 127 Å². The van der Waals surface area contributed by atoms with Gasteiger partial charge in [-0.1, -0.05) is 44.0 Å². The zero-order valence-corrected chi connectivity index (χ0v) is 13.0. The molecular formula is C14H11Br2F2N. The Kier molecular flexibility index (Phi) is 4.71. The number of rotatable bonds is 3. The van der Waals surface area contributed by atoms with Gasteiger partial charge in [0.05, 0.1) is 0 Å². The summed E-state index contributed by atoms with van der Waals surface area (Å²) in [7, 11) is 0. The van der Waals surface area contributed by atoms with Crippen LogP contribution in [0.3, 0.4) is 0 Å². The standard InChI is InChI=1S/C14H11Br2F2N/c15-9-5-4-8(12(18)7-9)6-13(19)14-10(16)2-1-3-11(14)17/h1-5,7,13H,6,19H2. The monoisotopic (exact) mass is 389 g/mol. The molecule has 100 valence electrons. The molecule has 0 aliphatic rings. The number of halogens is 4. The lowest BCUT2D eigenvalue weighted by molar-refractivity contribution is 0.561. The van der Waals surface area contributed by atoms with Gasteiger partial charge in [0, 0.05) is 20.6 Å². The Morgan fingerprint density at radius 2 is 1.79 bits per heavy atom. The van der Waals surface area contributed by atoms with E-state index in [0.29, 0.717) is 20.1 Å². The van der Waals surface area contributed by atoms with Gasteiger partial charge in [-0.15, -0.1) is 0 Å². The predicted molar refractivity (Wildman–Crippen MR) is 78.8 cm³/mol. The number of hydrogen-bond donors (Lipinski definition) is 1. The van der Waals surface area contributed by atoms with Crippen molar-refractivity contribution in [1.82, 2.24) is 0 Å². The number of benzene rings is 2. The Morgan fingerprint density at radius 1 is 1.05 bits per heavy atom. The first-order valence-electron chi connectivity index (χ1n) is 5.62. The van der Waals surface area contributed by atoms with E-state index >= 15 is 0 Å². The van der Waals surface area contributed by atoms with Crippen LogP contribution in [0.15, 0.2) is 45.3 Å². The lowest BCUT2D eigenvalue weighted by atomic mass is 9.99. The fourth-order valence-electron chi connectivity index (χ4n) is 1.89. The first-order valence-corrected chi connectivity index (χ1v) is 7.21. The van der Waals surface area contributed by atoms with Gasteiger partial charge in [-0.25, -0.2) is 8.78 Å². The molecule has 1 unspecified atom stereocenters. The van der Waals surface area contributed by atoms with E-state index in [1.54, 1.807) is 24.3 Å². The Bertz CT molecular complexity index is 582. The normalized spacial score (nSPS) is 12.5. The molecule has 0 aromatic heterocycles. The maximum Gasteiger partial charge on any atom is 0.129 e. The van der Waals surface area contributed by atoms with Crippen molar-refractivity contribution in [3.63, 3.8) is 0 Å². The summed E-state index contributed by atoms with van der Waals surface area (Å²) in [5.74, 6) is -0.739. The zero-order chi connectivity index (χ0) is 14.0. The molecule has 0 heterocycles. The van der Waals surface area contributed by atoms with E-state index < -0.39 is 6.04 Å². The van der Waals surface area contributed by atoms with Crippen molar-refractivity contribution in [3.8, 4) is 0 Å². The van der Waals surface area contributed by atoms with Crippen LogP contribution in [0.25, 0.3) is 0 Å². The van der Waals surface area contributed by atoms with Gasteiger partial charge in [-0.3, -0.25) is 0 Å². The molecule has 19 heavy (non-hydrogen) atoms. The van der Waals surface area contributed by atoms with Gasteiger partial charge in [-0.05, 0) is 36.2 Å². The Morgan fingerprint density at radius 3 is 2.42 bits per heavy atom. The lowest BCUT2D eigenvalue weighted by Crippen LogP contribution is -2.16. The molecule has 0 radical (unpaired) electrons. The summed E-state index contributed by atoms with van der Waals surface area (Å²) >= 11 is 6.46. The maximum atomic E-state index is 13.8. The summed E-state index contributed by atoms with van der Waals surface area (Å²) < 4.78 is 28.8. The molecule has 2 rings (SSSR count). The Balaban J connectivity index is 2.28. The van der Waals surface area contributed by atoms with Gasteiger partial charge >= 0.3 is 0 Å². The molecule has 0 fully saturated rings. The van der Waals surface area contributed by atoms with Gasteiger partial charge in [-0.2, -0.15) is 0 Å². The summed E-state index contributed by atoms with van der Waals surface area (Å²) in [6, 6.07) is 8.81. The molecule has 2 aromatic carbocycles. The molecule has 0 bridgehead atoms. The van der Waals surface area contributed by atoms with Crippen molar-refractivity contribution in [2.24, 2.45) is 5.73 Å². The molecule has 5 heteroatoms. The number of nitrogens with two attached hydrogens (primary N) is 1. The number of hydrogen-bond acceptors (Lipinski definition) is 1. The maximum absolute atomic E-state index is 13.8. The minimum Gasteiger partial charge on any atom is -0.324 e. The summed E-state index contributed by atoms with van der Waals surface area (Å²) in [4.78, 5) is 0. The van der Waals surface area contributed by atoms with Gasteiger partial charge in [0.1, 0.15) is 11.6 Å². The van der Waals surface area contributed by atoms with E-state index in [0.717, 1.165) is 0 Å². The zero-order valence-electron chi connectivity index (χ0n) is 9.84. The molecule has 0 aliphatic heterocycles. The van der Waals surface area contributed by atoms with Gasteiger partial charge in [0.25, 0.3) is 0 Å². The van der Waals surface area contributed by atoms with Crippen LogP contribution < -0.4 is 5.73 Å². The van der Waals surface area contributed by atoms with Crippen molar-refractivity contribution >= 4 is 31.9 Å². The van der Waals surface area contributed by atoms with Gasteiger partial charge < -0.3 is 5.73 Å². The van der Waals surface area contributed by atoms with Crippen LogP contribution in [0.5, 0.6) is 0 Å². The first-order chi connectivity index (χ1) is 8.99. The van der Waals surface area contributed by atoms with Crippen molar-refractivity contribution in [1.29, 1.82) is 0 Å². The highest BCUT2D eigenvalue weighted by atomic mass is 79.9. The van der Waals surface area contributed by atoms with Gasteiger partial charge in [0.2, 0.25) is 0 Å². The van der Waals surface area contributed by atoms with E-state index in [1.807, 2.05) is 0 Å². The summed E-state index contributed by atoms with van der Waals surface area (Å²) in [6.07, 6.45) is 0.235. The fraction of sp³-hybridized carbons (Fsp3) is 0.143. The smallest absolute Gasteiger partial charge is 0.129 e. The van der Waals surface area contributed by atoms with Crippen LogP contribution in [0.2, 0.25) is 0 Å². The molecule has 1 nitrogen and oxygen atoms in total. The lowest BCUT2D eigenvalue weighted by Gasteiger charge is -2.15. The highest BCUT2D eigenvalue weighted by molar-refractivity contribution is 9.10. The van der Waals surface area contributed by atoms with Crippen LogP contribution in [-0.2, 0) is 6.42 Å². The summed E-state index contributed by atoms with van der Waals surface area (Å²) in [5.41, 5.74) is 6.82. The second-order valence-electron chi connectivity index (χ2n) is 4.18. The molecular weight excluding hydrogens is 380 g/mol. The van der Waals surface area contributed by atoms with Crippen molar-refractivity contribution in [2.75, 3.05) is 0 Å². The van der Waals surface area contributed by atoms with Crippen LogP contribution in [-0.4, -0.2) is 0 Å². The molecule has 0 aliphatic carbocycles. The van der Waals surface area contributed by atoms with Crippen LogP contribution >= 0.6 is 31.9 Å². The average Bonchev–Trinajstić information content (AvgIpc) is 2.32. The minimum atomic E-state index is -0.605. The highest BCUT2D eigenvalue weighted by Crippen LogP contribution is 2.28. The van der Waals surface area contributed by atoms with Crippen LogP contribution in [0.4, 0.5) is 8.78 Å². The second-order valence-corrected chi connectivity index (χ2v) is 5.95. The molecule has 0 spiro atoms. The van der Waals surface area contributed by atoms with Crippen molar-refractivity contribution in [3.05, 3.63) is 68.1 Å². The van der Waals surface area contributed by atoms with E-state index in [4.69, 9.17) is 5.73 Å². The third-order valence-electron chi connectivity index (χ3n) is 2.83. The molecule has 0 amide bonds. The highest BCUT2D eigenvalue weighted by Gasteiger charge is 2.17. The van der Waals surface area contributed by atoms with Crippen molar-refractivity contribution < 1.29 is 8.78 Å². The second kappa shape index (κ2) is 6.11.